The first-order chi connectivity index (χ1) is 19.6. The van der Waals surface area contributed by atoms with Crippen molar-refractivity contribution in [3.63, 3.8) is 0 Å². The van der Waals surface area contributed by atoms with Gasteiger partial charge in [-0.25, -0.2) is 9.29 Å². The quantitative estimate of drug-likeness (QED) is 0.446. The molecule has 0 radical (unpaired) electrons. The second-order valence-corrected chi connectivity index (χ2v) is 11.5. The van der Waals surface area contributed by atoms with Crippen molar-refractivity contribution >= 4 is 29.3 Å². The molecule has 4 amide bonds. The van der Waals surface area contributed by atoms with Crippen LogP contribution in [-0.2, 0) is 31.0 Å². The van der Waals surface area contributed by atoms with E-state index in [1.807, 2.05) is 6.07 Å². The maximum absolute atomic E-state index is 14.4. The van der Waals surface area contributed by atoms with Crippen LogP contribution in [0, 0.1) is 22.6 Å². The second-order valence-electron chi connectivity index (χ2n) is 11.5. The molecule has 42 heavy (non-hydrogen) atoms. The predicted octanol–water partition coefficient (Wildman–Crippen LogP) is 2.64. The minimum atomic E-state index is -5.26. The zero-order valence-corrected chi connectivity index (χ0v) is 23.0. The number of nitriles is 1. The molecule has 0 bridgehead atoms. The molecule has 0 aliphatic carbocycles. The van der Waals surface area contributed by atoms with Gasteiger partial charge in [0.2, 0.25) is 11.8 Å². The second kappa shape index (κ2) is 11.2. The highest BCUT2D eigenvalue weighted by molar-refractivity contribution is 6.24. The van der Waals surface area contributed by atoms with Crippen molar-refractivity contribution in [2.24, 2.45) is 5.41 Å². The van der Waals surface area contributed by atoms with Crippen molar-refractivity contribution in [1.82, 2.24) is 16.0 Å². The molecule has 2 aromatic rings. The number of amides is 4. The average molecular weight is 588 g/mol. The van der Waals surface area contributed by atoms with Gasteiger partial charge in [0.1, 0.15) is 17.9 Å². The molecule has 3 N–H and O–H groups in total. The van der Waals surface area contributed by atoms with E-state index in [-0.39, 0.29) is 30.6 Å². The summed E-state index contributed by atoms with van der Waals surface area (Å²) in [5.41, 5.74) is -1.76. The number of nitrogens with one attached hydrogen (secondary N) is 3. The maximum atomic E-state index is 14.4. The number of anilines is 1. The first-order valence-electron chi connectivity index (χ1n) is 13.1. The van der Waals surface area contributed by atoms with Gasteiger partial charge in [0.05, 0.1) is 23.2 Å². The molecule has 0 aromatic heterocycles. The fraction of sp³-hybridized carbons (Fsp3) is 0.414. The highest BCUT2D eigenvalue weighted by Gasteiger charge is 2.57. The number of benzene rings is 2. The number of hydrogen-bond acceptors (Lipinski definition) is 6. The van der Waals surface area contributed by atoms with Crippen LogP contribution < -0.4 is 20.9 Å². The van der Waals surface area contributed by atoms with E-state index < -0.39 is 64.6 Å². The minimum Gasteiger partial charge on any atom is -0.342 e. The Morgan fingerprint density at radius 1 is 1.12 bits per heavy atom. The largest absolute Gasteiger partial charge is 0.471 e. The third kappa shape index (κ3) is 5.85. The maximum Gasteiger partial charge on any atom is 0.471 e. The van der Waals surface area contributed by atoms with E-state index in [4.69, 9.17) is 0 Å². The third-order valence-electron chi connectivity index (χ3n) is 7.46. The van der Waals surface area contributed by atoms with Gasteiger partial charge in [0, 0.05) is 13.0 Å². The van der Waals surface area contributed by atoms with E-state index in [0.717, 1.165) is 17.0 Å². The van der Waals surface area contributed by atoms with Gasteiger partial charge in [-0.1, -0.05) is 51.1 Å². The van der Waals surface area contributed by atoms with E-state index in [0.29, 0.717) is 5.56 Å². The fourth-order valence-corrected chi connectivity index (χ4v) is 5.34. The summed E-state index contributed by atoms with van der Waals surface area (Å²) in [5.74, 6) is -5.67. The Bertz CT molecular complexity index is 1450. The Morgan fingerprint density at radius 2 is 1.79 bits per heavy atom. The molecule has 222 valence electrons. The first kappa shape index (κ1) is 30.6. The monoisotopic (exact) mass is 587 g/mol. The molecule has 2 aliphatic rings. The number of hydrogen-bond donors (Lipinski definition) is 3. The van der Waals surface area contributed by atoms with E-state index in [1.165, 1.54) is 26.8 Å². The van der Waals surface area contributed by atoms with E-state index in [9.17, 15) is 42.0 Å². The molecule has 2 aromatic carbocycles. The van der Waals surface area contributed by atoms with Crippen molar-refractivity contribution in [2.45, 2.75) is 63.3 Å². The molecule has 9 nitrogen and oxygen atoms in total. The number of rotatable bonds is 6. The van der Waals surface area contributed by atoms with Gasteiger partial charge >= 0.3 is 12.1 Å². The van der Waals surface area contributed by atoms with Crippen LogP contribution in [0.1, 0.15) is 38.3 Å². The molecule has 1 spiro atoms. The molecule has 4 atom stereocenters. The predicted molar refractivity (Wildman–Crippen MR) is 142 cm³/mol. The number of nitrogens with zero attached hydrogens (tertiary/aromatic N) is 2. The lowest BCUT2D eigenvalue weighted by Crippen LogP contribution is -2.60. The summed E-state index contributed by atoms with van der Waals surface area (Å²) in [6.07, 6.45) is -5.43. The summed E-state index contributed by atoms with van der Waals surface area (Å²) in [4.78, 5) is 54.1. The molecule has 1 saturated heterocycles. The summed E-state index contributed by atoms with van der Waals surface area (Å²) < 4.78 is 53.5. The highest BCUT2D eigenvalue weighted by Crippen LogP contribution is 2.47. The van der Waals surface area contributed by atoms with Crippen LogP contribution in [-0.4, -0.2) is 54.5 Å². The Kier molecular flexibility index (Phi) is 8.15. The fourth-order valence-electron chi connectivity index (χ4n) is 5.34. The Morgan fingerprint density at radius 3 is 2.36 bits per heavy atom. The number of fused-ring (bicyclic) bond motifs is 2. The molecule has 2 aliphatic heterocycles. The van der Waals surface area contributed by atoms with Gasteiger partial charge in [-0.3, -0.25) is 19.2 Å². The van der Waals surface area contributed by atoms with E-state index in [1.54, 1.807) is 35.6 Å². The Labute approximate surface area is 239 Å². The zero-order chi connectivity index (χ0) is 31.0. The van der Waals surface area contributed by atoms with Crippen LogP contribution in [0.5, 0.6) is 0 Å². The SMILES string of the molecule is CC(C)(C)[C@H](NC(=O)C(F)(F)F)C(=O)N[C@@H](Cc1ccccc1)C(=O)N1C(=O)[C@@]2(CN[C@H](C#N)C2)c2cc(F)ccc21. The lowest BCUT2D eigenvalue weighted by atomic mass is 9.79. The van der Waals surface area contributed by atoms with Crippen LogP contribution in [0.15, 0.2) is 48.5 Å². The molecule has 0 unspecified atom stereocenters. The molecular weight excluding hydrogens is 558 g/mol. The lowest BCUT2D eigenvalue weighted by molar-refractivity contribution is -0.175. The molecule has 4 rings (SSSR count). The third-order valence-corrected chi connectivity index (χ3v) is 7.46. The van der Waals surface area contributed by atoms with Crippen LogP contribution in [0.2, 0.25) is 0 Å². The van der Waals surface area contributed by atoms with Gasteiger partial charge in [-0.2, -0.15) is 18.4 Å². The smallest absolute Gasteiger partial charge is 0.342 e. The number of carbonyl (C=O) groups excluding carboxylic acids is 4. The standard InChI is InChI=1S/C29H29F4N5O4/c1-27(2,3)22(37-25(41)29(31,32)33)23(39)36-20(11-16-7-5-4-6-8-16)24(40)38-21-10-9-17(30)12-19(21)28(26(38)42)13-18(14-34)35-15-28/h4-10,12,18,20,22,35H,11,13,15H2,1-3H3,(H,36,39)(H,37,41)/t18-,20-,22+,28-/m0/s1. The number of alkyl halides is 3. The molecule has 13 heteroatoms. The lowest BCUT2D eigenvalue weighted by Gasteiger charge is -2.33. The molecular formula is C29H29F4N5O4. The Hall–Kier alpha value is -4.31. The zero-order valence-electron chi connectivity index (χ0n) is 23.0. The molecule has 0 saturated carbocycles. The molecule has 2 heterocycles. The van der Waals surface area contributed by atoms with E-state index in [2.05, 4.69) is 10.6 Å². The van der Waals surface area contributed by atoms with Gasteiger partial charge < -0.3 is 16.0 Å². The number of carbonyl (C=O) groups is 4. The summed E-state index contributed by atoms with van der Waals surface area (Å²) >= 11 is 0. The Balaban J connectivity index is 1.72. The van der Waals surface area contributed by atoms with Crippen molar-refractivity contribution in [3.05, 3.63) is 65.5 Å². The van der Waals surface area contributed by atoms with Crippen LogP contribution in [0.25, 0.3) is 0 Å². The van der Waals surface area contributed by atoms with Gasteiger partial charge in [0.25, 0.3) is 5.91 Å². The van der Waals surface area contributed by atoms with Crippen molar-refractivity contribution < 1.29 is 36.7 Å². The summed E-state index contributed by atoms with van der Waals surface area (Å²) in [6.45, 7) is 4.30. The summed E-state index contributed by atoms with van der Waals surface area (Å²) in [6, 6.07) is 10.0. The normalized spacial score (nSPS) is 21.4. The summed E-state index contributed by atoms with van der Waals surface area (Å²) in [5, 5.41) is 16.5. The number of halogens is 4. The number of imide groups is 1. The highest BCUT2D eigenvalue weighted by atomic mass is 19.4. The summed E-state index contributed by atoms with van der Waals surface area (Å²) in [7, 11) is 0. The van der Waals surface area contributed by atoms with Crippen molar-refractivity contribution in [1.29, 1.82) is 5.26 Å². The van der Waals surface area contributed by atoms with Gasteiger partial charge in [0.15, 0.2) is 0 Å². The van der Waals surface area contributed by atoms with Gasteiger partial charge in [-0.05, 0) is 41.2 Å². The molecule has 1 fully saturated rings. The van der Waals surface area contributed by atoms with E-state index >= 15 is 0 Å². The first-order valence-corrected chi connectivity index (χ1v) is 13.1. The average Bonchev–Trinajstić information content (AvgIpc) is 3.45. The van der Waals surface area contributed by atoms with Crippen LogP contribution >= 0.6 is 0 Å². The van der Waals surface area contributed by atoms with Crippen LogP contribution in [0.4, 0.5) is 23.2 Å². The van der Waals surface area contributed by atoms with Crippen LogP contribution in [0.3, 0.4) is 0 Å². The van der Waals surface area contributed by atoms with Crippen molar-refractivity contribution in [3.8, 4) is 6.07 Å². The van der Waals surface area contributed by atoms with Crippen molar-refractivity contribution in [2.75, 3.05) is 11.4 Å². The topological polar surface area (TPSA) is 131 Å². The minimum absolute atomic E-state index is 0.0200. The van der Waals surface area contributed by atoms with Gasteiger partial charge in [-0.15, -0.1) is 0 Å².